The maximum absolute atomic E-state index is 8.95. The molecule has 0 saturated carbocycles. The Hall–Kier alpha value is -0.625. The largest absolute Gasteiger partial charge is 0.509 e. The van der Waals surface area contributed by atoms with E-state index < -0.39 is 7.12 Å². The van der Waals surface area contributed by atoms with Gasteiger partial charge in [0.15, 0.2) is 5.13 Å². The number of anilines is 1. The number of thiazole rings is 1. The van der Waals surface area contributed by atoms with Gasteiger partial charge >= 0.3 is 7.12 Å². The van der Waals surface area contributed by atoms with Crippen LogP contribution in [0.3, 0.4) is 0 Å². The molecule has 7 heteroatoms. The summed E-state index contributed by atoms with van der Waals surface area (Å²) in [6.07, 6.45) is 0. The van der Waals surface area contributed by atoms with Crippen molar-refractivity contribution in [1.29, 1.82) is 0 Å². The summed E-state index contributed by atoms with van der Waals surface area (Å²) >= 11 is 1.46. The van der Waals surface area contributed by atoms with Crippen molar-refractivity contribution in [2.45, 2.75) is 0 Å². The molecule has 0 aliphatic carbocycles. The van der Waals surface area contributed by atoms with Crippen LogP contribution in [0, 0.1) is 0 Å². The van der Waals surface area contributed by atoms with E-state index in [0.717, 1.165) is 31.3 Å². The molecule has 0 atom stereocenters. The normalized spacial score (nSPS) is 18.2. The van der Waals surface area contributed by atoms with Gasteiger partial charge in [-0.1, -0.05) is 0 Å². The zero-order chi connectivity index (χ0) is 10.8. The van der Waals surface area contributed by atoms with Crippen molar-refractivity contribution in [3.8, 4) is 0 Å². The third-order valence-electron chi connectivity index (χ3n) is 2.55. The Bertz CT molecular complexity index is 325. The van der Waals surface area contributed by atoms with Crippen LogP contribution in [0.25, 0.3) is 0 Å². The van der Waals surface area contributed by atoms with Crippen LogP contribution in [0.2, 0.25) is 0 Å². The molecule has 0 radical (unpaired) electrons. The molecular formula is C8H14BN3O2S. The lowest BCUT2D eigenvalue weighted by Crippen LogP contribution is -2.44. The van der Waals surface area contributed by atoms with Gasteiger partial charge < -0.3 is 19.8 Å². The van der Waals surface area contributed by atoms with Crippen LogP contribution in [0.4, 0.5) is 5.13 Å². The van der Waals surface area contributed by atoms with Crippen molar-refractivity contribution in [2.75, 3.05) is 38.1 Å². The topological polar surface area (TPSA) is 59.8 Å². The molecule has 0 unspecified atom stereocenters. The fraction of sp³-hybridized carbons (Fsp3) is 0.625. The highest BCUT2D eigenvalue weighted by Crippen LogP contribution is 2.17. The Kier molecular flexibility index (Phi) is 3.25. The number of hydrogen-bond donors (Lipinski definition) is 2. The molecule has 1 saturated heterocycles. The molecule has 15 heavy (non-hydrogen) atoms. The first-order valence-electron chi connectivity index (χ1n) is 4.92. The lowest BCUT2D eigenvalue weighted by molar-refractivity contribution is 0.313. The van der Waals surface area contributed by atoms with E-state index in [9.17, 15) is 0 Å². The fourth-order valence-corrected chi connectivity index (χ4v) is 2.43. The van der Waals surface area contributed by atoms with E-state index in [0.29, 0.717) is 5.59 Å². The lowest BCUT2D eigenvalue weighted by atomic mass is 9.88. The van der Waals surface area contributed by atoms with E-state index in [2.05, 4.69) is 21.8 Å². The van der Waals surface area contributed by atoms with Crippen LogP contribution in [0.1, 0.15) is 0 Å². The Morgan fingerprint density at radius 1 is 1.33 bits per heavy atom. The van der Waals surface area contributed by atoms with Gasteiger partial charge in [0.25, 0.3) is 0 Å². The Balaban J connectivity index is 2.03. The van der Waals surface area contributed by atoms with Crippen molar-refractivity contribution >= 4 is 29.2 Å². The average molecular weight is 227 g/mol. The molecular weight excluding hydrogens is 213 g/mol. The predicted molar refractivity (Wildman–Crippen MR) is 61.6 cm³/mol. The second kappa shape index (κ2) is 4.48. The van der Waals surface area contributed by atoms with Crippen molar-refractivity contribution in [3.63, 3.8) is 0 Å². The molecule has 1 aliphatic heterocycles. The first kappa shape index (κ1) is 10.9. The Morgan fingerprint density at radius 3 is 2.53 bits per heavy atom. The minimum Gasteiger partial charge on any atom is -0.422 e. The maximum atomic E-state index is 8.95. The van der Waals surface area contributed by atoms with Crippen LogP contribution in [-0.2, 0) is 0 Å². The van der Waals surface area contributed by atoms with Gasteiger partial charge in [-0.15, -0.1) is 11.3 Å². The van der Waals surface area contributed by atoms with Gasteiger partial charge in [-0.2, -0.15) is 0 Å². The molecule has 2 heterocycles. The highest BCUT2D eigenvalue weighted by Gasteiger charge is 2.20. The Morgan fingerprint density at radius 2 is 2.00 bits per heavy atom. The number of likely N-dealkylation sites (N-methyl/N-ethyl adjacent to an activating group) is 1. The SMILES string of the molecule is CN1CCN(c2nc(B(O)O)cs2)CC1. The van der Waals surface area contributed by atoms with Crippen LogP contribution < -0.4 is 10.5 Å². The Labute approximate surface area is 93.1 Å². The first-order chi connectivity index (χ1) is 7.16. The van der Waals surface area contributed by atoms with Gasteiger partial charge in [-0.3, -0.25) is 0 Å². The van der Waals surface area contributed by atoms with Crippen molar-refractivity contribution in [3.05, 3.63) is 5.38 Å². The van der Waals surface area contributed by atoms with E-state index in [1.807, 2.05) is 0 Å². The molecule has 5 nitrogen and oxygen atoms in total. The average Bonchev–Trinajstić information content (AvgIpc) is 2.68. The number of aromatic nitrogens is 1. The summed E-state index contributed by atoms with van der Waals surface area (Å²) in [4.78, 5) is 8.63. The minimum absolute atomic E-state index is 0.342. The molecule has 82 valence electrons. The molecule has 1 aromatic rings. The number of hydrogen-bond acceptors (Lipinski definition) is 6. The second-order valence-electron chi connectivity index (χ2n) is 3.72. The first-order valence-corrected chi connectivity index (χ1v) is 5.80. The lowest BCUT2D eigenvalue weighted by Gasteiger charge is -2.32. The molecule has 1 aromatic heterocycles. The van der Waals surface area contributed by atoms with Gasteiger partial charge in [0.05, 0.1) is 5.59 Å². The molecule has 0 amide bonds. The zero-order valence-corrected chi connectivity index (χ0v) is 9.44. The minimum atomic E-state index is -1.46. The predicted octanol–water partition coefficient (Wildman–Crippen LogP) is -1.43. The summed E-state index contributed by atoms with van der Waals surface area (Å²) in [5, 5.41) is 20.5. The van der Waals surface area contributed by atoms with Crippen LogP contribution in [-0.4, -0.2) is 60.3 Å². The number of rotatable bonds is 2. The smallest absolute Gasteiger partial charge is 0.422 e. The summed E-state index contributed by atoms with van der Waals surface area (Å²) in [7, 11) is 0.643. The summed E-state index contributed by atoms with van der Waals surface area (Å²) in [5.74, 6) is 0. The van der Waals surface area contributed by atoms with Crippen LogP contribution in [0.15, 0.2) is 5.38 Å². The molecule has 2 N–H and O–H groups in total. The van der Waals surface area contributed by atoms with Gasteiger partial charge in [0, 0.05) is 31.6 Å². The third-order valence-corrected chi connectivity index (χ3v) is 3.47. The van der Waals surface area contributed by atoms with Crippen LogP contribution in [0.5, 0.6) is 0 Å². The molecule has 2 rings (SSSR count). The van der Waals surface area contributed by atoms with Crippen LogP contribution >= 0.6 is 11.3 Å². The number of piperazine rings is 1. The monoisotopic (exact) mass is 227 g/mol. The highest BCUT2D eigenvalue weighted by atomic mass is 32.1. The van der Waals surface area contributed by atoms with E-state index >= 15 is 0 Å². The van der Waals surface area contributed by atoms with Gasteiger partial charge in [0.1, 0.15) is 0 Å². The quantitative estimate of drug-likeness (QED) is 0.607. The molecule has 0 bridgehead atoms. The zero-order valence-electron chi connectivity index (χ0n) is 8.63. The van der Waals surface area contributed by atoms with E-state index in [1.165, 1.54) is 11.3 Å². The molecule has 1 fully saturated rings. The van der Waals surface area contributed by atoms with Gasteiger partial charge in [-0.25, -0.2) is 4.98 Å². The van der Waals surface area contributed by atoms with Crippen molar-refractivity contribution in [1.82, 2.24) is 9.88 Å². The molecule has 0 aromatic carbocycles. The summed E-state index contributed by atoms with van der Waals surface area (Å²) in [6, 6.07) is 0. The van der Waals surface area contributed by atoms with Crippen molar-refractivity contribution in [2.24, 2.45) is 0 Å². The maximum Gasteiger partial charge on any atom is 0.509 e. The van der Waals surface area contributed by atoms with Gasteiger partial charge in [0.2, 0.25) is 0 Å². The van der Waals surface area contributed by atoms with Crippen molar-refractivity contribution < 1.29 is 10.0 Å². The second-order valence-corrected chi connectivity index (χ2v) is 4.56. The number of nitrogens with zero attached hydrogens (tertiary/aromatic N) is 3. The van der Waals surface area contributed by atoms with E-state index in [-0.39, 0.29) is 0 Å². The molecule has 1 aliphatic rings. The third kappa shape index (κ3) is 2.49. The standard InChI is InChI=1S/C8H14BN3O2S/c1-11-2-4-12(5-3-11)8-10-7(6-15-8)9(13)14/h6,13-14H,2-5H2,1H3. The van der Waals surface area contributed by atoms with Gasteiger partial charge in [-0.05, 0) is 7.05 Å². The fourth-order valence-electron chi connectivity index (χ4n) is 1.54. The molecule has 0 spiro atoms. The highest BCUT2D eigenvalue weighted by molar-refractivity contribution is 7.14. The summed E-state index contributed by atoms with van der Waals surface area (Å²) in [5.41, 5.74) is 0.342. The van der Waals surface area contributed by atoms with E-state index in [4.69, 9.17) is 10.0 Å². The van der Waals surface area contributed by atoms with E-state index in [1.54, 1.807) is 5.38 Å². The summed E-state index contributed by atoms with van der Waals surface area (Å²) in [6.45, 7) is 3.95. The summed E-state index contributed by atoms with van der Waals surface area (Å²) < 4.78 is 0.